The largest absolute Gasteiger partial charge is 2.00 e. The van der Waals surface area contributed by atoms with Gasteiger partial charge >= 0.3 is 21.1 Å². The fraction of sp³-hybridized carbons (Fsp3) is 0.167. The van der Waals surface area contributed by atoms with E-state index in [1.165, 1.54) is 55.6 Å². The molecule has 0 fully saturated rings. The number of rotatable bonds is 4. The van der Waals surface area contributed by atoms with Crippen LogP contribution in [0.3, 0.4) is 0 Å². The first-order valence-electron chi connectivity index (χ1n) is 13.3. The summed E-state index contributed by atoms with van der Waals surface area (Å²) in [7, 11) is 0. The number of thiophene rings is 2. The van der Waals surface area contributed by atoms with Crippen molar-refractivity contribution in [3.8, 4) is 43.4 Å². The van der Waals surface area contributed by atoms with Crippen LogP contribution in [0.25, 0.3) is 43.4 Å². The minimum absolute atomic E-state index is 0. The molecule has 0 N–H and O–H groups in total. The molecule has 0 unspecified atom stereocenters. The van der Waals surface area contributed by atoms with E-state index in [0.717, 1.165) is 21.1 Å². The second-order valence-electron chi connectivity index (χ2n) is 10.2. The summed E-state index contributed by atoms with van der Waals surface area (Å²) in [5.41, 5.74) is 15.0. The average Bonchev–Trinajstić information content (AvgIpc) is 3.64. The second kappa shape index (κ2) is 13.7. The summed E-state index contributed by atoms with van der Waals surface area (Å²) in [5.74, 6) is 0. The zero-order valence-electron chi connectivity index (χ0n) is 24.1. The van der Waals surface area contributed by atoms with Gasteiger partial charge in [0, 0.05) is 12.4 Å². The average molecular weight is 752 g/mol. The molecule has 0 aliphatic rings. The first kappa shape index (κ1) is 30.8. The standard InChI is InChI=1S/2C18H16NS.Pt/c2*1-12-9-13(2)18(14(3)10-12)15-6-7-19-16(11-15)17-5-4-8-20-17;/h2*4,6-11H,1-3H3;/q2*-1;+2. The van der Waals surface area contributed by atoms with Crippen molar-refractivity contribution < 1.29 is 21.1 Å². The predicted molar refractivity (Wildman–Crippen MR) is 172 cm³/mol. The minimum atomic E-state index is 0. The van der Waals surface area contributed by atoms with Crippen molar-refractivity contribution in [1.29, 1.82) is 0 Å². The van der Waals surface area contributed by atoms with E-state index in [4.69, 9.17) is 0 Å². The van der Waals surface area contributed by atoms with Crippen molar-refractivity contribution in [3.05, 3.63) is 129 Å². The summed E-state index contributed by atoms with van der Waals surface area (Å²) >= 11 is 3.35. The molecule has 6 rings (SSSR count). The maximum absolute atomic E-state index is 4.46. The third kappa shape index (κ3) is 7.19. The van der Waals surface area contributed by atoms with Crippen LogP contribution < -0.4 is 0 Å². The molecule has 0 aliphatic heterocycles. The molecule has 2 nitrogen and oxygen atoms in total. The Morgan fingerprint density at radius 2 is 0.902 bits per heavy atom. The Bertz CT molecular complexity index is 1580. The topological polar surface area (TPSA) is 25.8 Å². The number of hydrogen-bond donors (Lipinski definition) is 0. The summed E-state index contributed by atoms with van der Waals surface area (Å²) in [6.07, 6.45) is 3.77. The number of pyridine rings is 2. The molecule has 0 aliphatic carbocycles. The van der Waals surface area contributed by atoms with Crippen molar-refractivity contribution >= 4 is 22.7 Å². The van der Waals surface area contributed by atoms with Crippen LogP contribution >= 0.6 is 22.7 Å². The molecule has 0 bridgehead atoms. The minimum Gasteiger partial charge on any atom is -0.319 e. The van der Waals surface area contributed by atoms with Crippen LogP contribution in [0, 0.1) is 53.7 Å². The van der Waals surface area contributed by atoms with Gasteiger partial charge in [-0.15, -0.1) is 10.8 Å². The Balaban J connectivity index is 0.000000184. The number of aryl methyl sites for hydroxylation is 6. The van der Waals surface area contributed by atoms with Crippen LogP contribution in [0.1, 0.15) is 33.4 Å². The third-order valence-electron chi connectivity index (χ3n) is 6.85. The fourth-order valence-electron chi connectivity index (χ4n) is 5.45. The SMILES string of the molecule is Cc1cc(C)c(-c2ccnc(-c3[c-]ccs3)c2)c(C)c1.Cc1cc(C)c(-c2ccnc(-c3[c-]ccs3)c2)c(C)c1.[Pt+2]. The molecular weight excluding hydrogens is 720 g/mol. The van der Waals surface area contributed by atoms with Gasteiger partial charge in [-0.05, 0) is 110 Å². The van der Waals surface area contributed by atoms with Crippen LogP contribution in [-0.2, 0) is 21.1 Å². The summed E-state index contributed by atoms with van der Waals surface area (Å²) in [6, 6.07) is 27.8. The first-order chi connectivity index (χ1) is 19.3. The van der Waals surface area contributed by atoms with Crippen LogP contribution in [0.15, 0.2) is 83.8 Å². The number of aromatic nitrogens is 2. The van der Waals surface area contributed by atoms with E-state index in [-0.39, 0.29) is 21.1 Å². The molecule has 0 radical (unpaired) electrons. The van der Waals surface area contributed by atoms with Gasteiger partial charge in [0.2, 0.25) is 0 Å². The predicted octanol–water partition coefficient (Wildman–Crippen LogP) is 10.4. The normalized spacial score (nSPS) is 10.5. The number of nitrogens with zero attached hydrogens (tertiary/aromatic N) is 2. The van der Waals surface area contributed by atoms with E-state index in [9.17, 15) is 0 Å². The quantitative estimate of drug-likeness (QED) is 0.168. The monoisotopic (exact) mass is 751 g/mol. The Kier molecular flexibility index (Phi) is 10.3. The van der Waals surface area contributed by atoms with Gasteiger partial charge in [-0.25, -0.2) is 22.7 Å². The van der Waals surface area contributed by atoms with Gasteiger partial charge in [-0.3, -0.25) is 0 Å². The third-order valence-corrected chi connectivity index (χ3v) is 8.52. The zero-order valence-corrected chi connectivity index (χ0v) is 28.0. The second-order valence-corrected chi connectivity index (χ2v) is 12.0. The Morgan fingerprint density at radius 1 is 0.537 bits per heavy atom. The van der Waals surface area contributed by atoms with E-state index < -0.39 is 0 Å². The molecule has 4 aromatic heterocycles. The van der Waals surface area contributed by atoms with Gasteiger partial charge < -0.3 is 9.97 Å². The van der Waals surface area contributed by atoms with Crippen LogP contribution in [-0.4, -0.2) is 9.97 Å². The molecule has 4 heterocycles. The zero-order chi connectivity index (χ0) is 28.2. The Morgan fingerprint density at radius 3 is 1.22 bits per heavy atom. The van der Waals surface area contributed by atoms with E-state index in [1.807, 2.05) is 35.3 Å². The molecule has 2 aromatic carbocycles. The maximum Gasteiger partial charge on any atom is 2.00 e. The van der Waals surface area contributed by atoms with E-state index in [2.05, 4.69) is 112 Å². The molecule has 41 heavy (non-hydrogen) atoms. The number of hydrogen-bond acceptors (Lipinski definition) is 4. The number of benzene rings is 2. The molecular formula is C36H32N2PtS2. The molecule has 0 spiro atoms. The Labute approximate surface area is 266 Å². The van der Waals surface area contributed by atoms with Crippen molar-refractivity contribution in [2.24, 2.45) is 0 Å². The van der Waals surface area contributed by atoms with E-state index >= 15 is 0 Å². The molecule has 0 amide bonds. The molecule has 5 heteroatoms. The van der Waals surface area contributed by atoms with E-state index in [0.29, 0.717) is 0 Å². The summed E-state index contributed by atoms with van der Waals surface area (Å²) < 4.78 is 0. The molecule has 6 aromatic rings. The van der Waals surface area contributed by atoms with Crippen molar-refractivity contribution in [3.63, 3.8) is 0 Å². The van der Waals surface area contributed by atoms with Gasteiger partial charge in [-0.2, -0.15) is 24.3 Å². The molecule has 0 atom stereocenters. The van der Waals surface area contributed by atoms with Gasteiger partial charge in [-0.1, -0.05) is 57.3 Å². The van der Waals surface area contributed by atoms with Crippen LogP contribution in [0.4, 0.5) is 0 Å². The van der Waals surface area contributed by atoms with Gasteiger partial charge in [0.1, 0.15) is 0 Å². The van der Waals surface area contributed by atoms with Crippen molar-refractivity contribution in [2.75, 3.05) is 0 Å². The van der Waals surface area contributed by atoms with Crippen LogP contribution in [0.2, 0.25) is 0 Å². The van der Waals surface area contributed by atoms with Crippen LogP contribution in [0.5, 0.6) is 0 Å². The molecule has 0 saturated carbocycles. The summed E-state index contributed by atoms with van der Waals surface area (Å²) in [4.78, 5) is 11.1. The molecule has 0 saturated heterocycles. The summed E-state index contributed by atoms with van der Waals surface area (Å²) in [6.45, 7) is 13.0. The van der Waals surface area contributed by atoms with Crippen molar-refractivity contribution in [1.82, 2.24) is 9.97 Å². The van der Waals surface area contributed by atoms with Gasteiger partial charge in [0.15, 0.2) is 0 Å². The summed E-state index contributed by atoms with van der Waals surface area (Å²) in [5, 5.41) is 4.07. The van der Waals surface area contributed by atoms with E-state index in [1.54, 1.807) is 22.7 Å². The maximum atomic E-state index is 4.46. The van der Waals surface area contributed by atoms with Crippen molar-refractivity contribution in [2.45, 2.75) is 41.5 Å². The fourth-order valence-corrected chi connectivity index (χ4v) is 6.73. The molecule has 208 valence electrons. The van der Waals surface area contributed by atoms with Gasteiger partial charge in [0.25, 0.3) is 0 Å². The van der Waals surface area contributed by atoms with Gasteiger partial charge in [0.05, 0.1) is 0 Å². The Hall–Kier alpha value is -3.17. The smallest absolute Gasteiger partial charge is 0.319 e. The first-order valence-corrected chi connectivity index (χ1v) is 15.1.